The molecule has 1 atom stereocenters. The highest BCUT2D eigenvalue weighted by Crippen LogP contribution is 2.34. The van der Waals surface area contributed by atoms with Crippen molar-refractivity contribution in [2.24, 2.45) is 13.0 Å². The van der Waals surface area contributed by atoms with E-state index in [0.29, 0.717) is 6.04 Å². The average molecular weight is 193 g/mol. The van der Waals surface area contributed by atoms with E-state index < -0.39 is 0 Å². The highest BCUT2D eigenvalue weighted by atomic mass is 15.3. The fraction of sp³-hybridized carbons (Fsp3) is 0.727. The molecule has 1 saturated carbocycles. The predicted octanol–water partition coefficient (Wildman–Crippen LogP) is 2.33. The van der Waals surface area contributed by atoms with E-state index in [1.165, 1.54) is 19.3 Å². The van der Waals surface area contributed by atoms with Crippen molar-refractivity contribution in [1.82, 2.24) is 9.78 Å². The molecule has 1 N–H and O–H groups in total. The zero-order valence-electron chi connectivity index (χ0n) is 9.25. The lowest BCUT2D eigenvalue weighted by atomic mass is 10.1. The Morgan fingerprint density at radius 2 is 2.36 bits per heavy atom. The summed E-state index contributed by atoms with van der Waals surface area (Å²) in [5.74, 6) is 2.11. The van der Waals surface area contributed by atoms with E-state index in [4.69, 9.17) is 0 Å². The Bertz CT molecular complexity index is 312. The highest BCUT2D eigenvalue weighted by molar-refractivity contribution is 5.37. The lowest BCUT2D eigenvalue weighted by molar-refractivity contribution is 0.631. The summed E-state index contributed by atoms with van der Waals surface area (Å²) in [6.07, 6.45) is 4.15. The molecule has 1 aromatic heterocycles. The van der Waals surface area contributed by atoms with Crippen LogP contribution in [0.1, 0.15) is 31.9 Å². The number of nitrogens with zero attached hydrogens (tertiary/aromatic N) is 2. The van der Waals surface area contributed by atoms with Crippen molar-refractivity contribution in [2.75, 3.05) is 5.32 Å². The van der Waals surface area contributed by atoms with Gasteiger partial charge in [0.25, 0.3) is 0 Å². The molecule has 0 saturated heterocycles. The molecule has 0 bridgehead atoms. The summed E-state index contributed by atoms with van der Waals surface area (Å²) >= 11 is 0. The maximum absolute atomic E-state index is 4.31. The van der Waals surface area contributed by atoms with Crippen LogP contribution >= 0.6 is 0 Å². The van der Waals surface area contributed by atoms with Crippen molar-refractivity contribution in [2.45, 2.75) is 39.2 Å². The van der Waals surface area contributed by atoms with Gasteiger partial charge in [-0.25, -0.2) is 0 Å². The Labute approximate surface area is 85.5 Å². The molecule has 0 radical (unpaired) electrons. The molecule has 0 aliphatic heterocycles. The molecule has 78 valence electrons. The zero-order chi connectivity index (χ0) is 10.1. The number of rotatable bonds is 4. The van der Waals surface area contributed by atoms with Crippen LogP contribution in [-0.2, 0) is 7.05 Å². The summed E-state index contributed by atoms with van der Waals surface area (Å²) in [6, 6.07) is 2.67. The molecule has 3 heteroatoms. The summed E-state index contributed by atoms with van der Waals surface area (Å²) in [5, 5.41) is 7.82. The van der Waals surface area contributed by atoms with Crippen molar-refractivity contribution in [3.63, 3.8) is 0 Å². The molecule has 1 aliphatic rings. The maximum Gasteiger partial charge on any atom is 0.124 e. The van der Waals surface area contributed by atoms with Crippen LogP contribution in [-0.4, -0.2) is 15.8 Å². The average Bonchev–Trinajstić information content (AvgIpc) is 2.81. The molecular weight excluding hydrogens is 174 g/mol. The second-order valence-corrected chi connectivity index (χ2v) is 4.52. The lowest BCUT2D eigenvalue weighted by Gasteiger charge is -2.14. The van der Waals surface area contributed by atoms with Gasteiger partial charge in [-0.1, -0.05) is 12.8 Å². The summed E-state index contributed by atoms with van der Waals surface area (Å²) in [7, 11) is 1.99. The second kappa shape index (κ2) is 3.64. The summed E-state index contributed by atoms with van der Waals surface area (Å²) < 4.78 is 1.92. The number of aromatic nitrogens is 2. The number of hydrogen-bond acceptors (Lipinski definition) is 2. The third-order valence-electron chi connectivity index (χ3n) is 2.78. The number of hydrogen-bond donors (Lipinski definition) is 1. The smallest absolute Gasteiger partial charge is 0.124 e. The third kappa shape index (κ3) is 2.28. The fourth-order valence-corrected chi connectivity index (χ4v) is 1.91. The van der Waals surface area contributed by atoms with E-state index in [-0.39, 0.29) is 0 Å². The Morgan fingerprint density at radius 3 is 2.86 bits per heavy atom. The molecule has 1 aromatic rings. The summed E-state index contributed by atoms with van der Waals surface area (Å²) in [4.78, 5) is 0. The highest BCUT2D eigenvalue weighted by Gasteiger charge is 2.23. The van der Waals surface area contributed by atoms with E-state index in [1.54, 1.807) is 0 Å². The predicted molar refractivity (Wildman–Crippen MR) is 58.4 cm³/mol. The molecule has 14 heavy (non-hydrogen) atoms. The minimum absolute atomic E-state index is 0.567. The van der Waals surface area contributed by atoms with Crippen molar-refractivity contribution >= 4 is 5.82 Å². The van der Waals surface area contributed by atoms with Gasteiger partial charge in [-0.15, -0.1) is 0 Å². The van der Waals surface area contributed by atoms with Crippen LogP contribution in [0.25, 0.3) is 0 Å². The van der Waals surface area contributed by atoms with Crippen LogP contribution in [0.5, 0.6) is 0 Å². The van der Waals surface area contributed by atoms with Crippen LogP contribution in [0.3, 0.4) is 0 Å². The van der Waals surface area contributed by atoms with Gasteiger partial charge in [0.2, 0.25) is 0 Å². The number of nitrogens with one attached hydrogen (secondary N) is 1. The Kier molecular flexibility index (Phi) is 2.48. The van der Waals surface area contributed by atoms with Gasteiger partial charge < -0.3 is 5.32 Å². The van der Waals surface area contributed by atoms with Crippen molar-refractivity contribution in [3.05, 3.63) is 11.8 Å². The van der Waals surface area contributed by atoms with Gasteiger partial charge in [0, 0.05) is 19.2 Å². The van der Waals surface area contributed by atoms with Crippen LogP contribution in [0, 0.1) is 12.8 Å². The Morgan fingerprint density at radius 1 is 1.64 bits per heavy atom. The molecule has 0 spiro atoms. The maximum atomic E-state index is 4.31. The van der Waals surface area contributed by atoms with E-state index >= 15 is 0 Å². The van der Waals surface area contributed by atoms with Crippen LogP contribution < -0.4 is 5.32 Å². The molecule has 1 unspecified atom stereocenters. The number of aryl methyl sites for hydroxylation is 2. The van der Waals surface area contributed by atoms with Gasteiger partial charge in [-0.05, 0) is 26.2 Å². The minimum atomic E-state index is 0.567. The molecule has 2 rings (SSSR count). The van der Waals surface area contributed by atoms with Gasteiger partial charge in [0.15, 0.2) is 0 Å². The summed E-state index contributed by atoms with van der Waals surface area (Å²) in [6.45, 7) is 4.28. The zero-order valence-corrected chi connectivity index (χ0v) is 9.25. The van der Waals surface area contributed by atoms with Crippen LogP contribution in [0.2, 0.25) is 0 Å². The van der Waals surface area contributed by atoms with Crippen molar-refractivity contribution in [1.29, 1.82) is 0 Å². The van der Waals surface area contributed by atoms with Crippen molar-refractivity contribution < 1.29 is 0 Å². The Balaban J connectivity index is 1.91. The normalized spacial score (nSPS) is 18.2. The molecule has 3 nitrogen and oxygen atoms in total. The van der Waals surface area contributed by atoms with E-state index in [0.717, 1.165) is 17.4 Å². The summed E-state index contributed by atoms with van der Waals surface area (Å²) in [5.41, 5.74) is 1.08. The minimum Gasteiger partial charge on any atom is -0.368 e. The van der Waals surface area contributed by atoms with Gasteiger partial charge in [-0.2, -0.15) is 5.10 Å². The first-order valence-corrected chi connectivity index (χ1v) is 5.42. The first-order valence-electron chi connectivity index (χ1n) is 5.42. The van der Waals surface area contributed by atoms with Gasteiger partial charge >= 0.3 is 0 Å². The monoisotopic (exact) mass is 193 g/mol. The Hall–Kier alpha value is -0.990. The van der Waals surface area contributed by atoms with Crippen LogP contribution in [0.15, 0.2) is 6.07 Å². The molecule has 1 fully saturated rings. The van der Waals surface area contributed by atoms with E-state index in [2.05, 4.69) is 23.4 Å². The second-order valence-electron chi connectivity index (χ2n) is 4.52. The van der Waals surface area contributed by atoms with Gasteiger partial charge in [-0.3, -0.25) is 4.68 Å². The molecule has 0 amide bonds. The largest absolute Gasteiger partial charge is 0.368 e. The first kappa shape index (κ1) is 9.56. The third-order valence-corrected chi connectivity index (χ3v) is 2.78. The quantitative estimate of drug-likeness (QED) is 0.795. The first-order chi connectivity index (χ1) is 6.65. The lowest BCUT2D eigenvalue weighted by Crippen LogP contribution is -2.17. The topological polar surface area (TPSA) is 29.9 Å². The van der Waals surface area contributed by atoms with E-state index in [1.807, 2.05) is 18.7 Å². The molecular formula is C11H19N3. The molecule has 0 aromatic carbocycles. The van der Waals surface area contributed by atoms with E-state index in [9.17, 15) is 0 Å². The SMILES string of the molecule is Cc1cc(NC(C)CC2CC2)n(C)n1. The van der Waals surface area contributed by atoms with Crippen molar-refractivity contribution in [3.8, 4) is 0 Å². The fourth-order valence-electron chi connectivity index (χ4n) is 1.91. The number of anilines is 1. The molecule has 1 aliphatic carbocycles. The molecule has 1 heterocycles. The van der Waals surface area contributed by atoms with Gasteiger partial charge in [0.1, 0.15) is 5.82 Å². The van der Waals surface area contributed by atoms with Gasteiger partial charge in [0.05, 0.1) is 5.69 Å². The standard InChI is InChI=1S/C11H19N3/c1-8(6-10-4-5-10)12-11-7-9(2)13-14(11)3/h7-8,10,12H,4-6H2,1-3H3. The van der Waals surface area contributed by atoms with Crippen LogP contribution in [0.4, 0.5) is 5.82 Å².